The second-order valence-electron chi connectivity index (χ2n) is 4.76. The molecule has 1 saturated heterocycles. The highest BCUT2D eigenvalue weighted by Gasteiger charge is 2.28. The van der Waals surface area contributed by atoms with Gasteiger partial charge in [0.15, 0.2) is 0 Å². The average molecular weight is 398 g/mol. The lowest BCUT2D eigenvalue weighted by molar-refractivity contribution is 0.0866. The molecule has 0 spiro atoms. The van der Waals surface area contributed by atoms with Gasteiger partial charge in [0.05, 0.1) is 22.7 Å². The van der Waals surface area contributed by atoms with Gasteiger partial charge in [0.2, 0.25) is 10.0 Å². The molecule has 0 radical (unpaired) electrons. The number of nitrogens with two attached hydrogens (primary N) is 1. The molecule has 3 N–H and O–H groups in total. The van der Waals surface area contributed by atoms with Crippen LogP contribution < -0.4 is 10.5 Å². The number of benzene rings is 1. The van der Waals surface area contributed by atoms with Crippen molar-refractivity contribution in [3.8, 4) is 0 Å². The number of hydrogen-bond donors (Lipinski definition) is 2. The monoisotopic (exact) mass is 396 g/mol. The van der Waals surface area contributed by atoms with Crippen LogP contribution in [-0.2, 0) is 14.8 Å². The Bertz CT molecular complexity index is 680. The Morgan fingerprint density at radius 2 is 2.19 bits per heavy atom. The molecule has 1 aliphatic rings. The van der Waals surface area contributed by atoms with Crippen LogP contribution in [0.3, 0.4) is 0 Å². The largest absolute Gasteiger partial charge is 0.376 e. The molecule has 1 heterocycles. The molecule has 6 nitrogen and oxygen atoms in total. The summed E-state index contributed by atoms with van der Waals surface area (Å²) in [5, 5.41) is 7.69. The first kappa shape index (κ1) is 16.7. The van der Waals surface area contributed by atoms with Gasteiger partial charge in [0.25, 0.3) is 5.91 Å². The predicted octanol–water partition coefficient (Wildman–Crippen LogP) is 1.66. The first-order valence-electron chi connectivity index (χ1n) is 6.14. The van der Waals surface area contributed by atoms with Crippen molar-refractivity contribution < 1.29 is 17.9 Å². The maximum absolute atomic E-state index is 12.3. The van der Waals surface area contributed by atoms with Crippen LogP contribution in [0.5, 0.6) is 0 Å². The van der Waals surface area contributed by atoms with E-state index in [9.17, 15) is 13.2 Å². The normalized spacial score (nSPS) is 22.3. The van der Waals surface area contributed by atoms with E-state index in [0.29, 0.717) is 17.5 Å². The number of amides is 1. The number of halogens is 2. The lowest BCUT2D eigenvalue weighted by Crippen LogP contribution is -2.39. The van der Waals surface area contributed by atoms with Gasteiger partial charge < -0.3 is 10.1 Å². The van der Waals surface area contributed by atoms with E-state index in [1.807, 2.05) is 6.92 Å². The van der Waals surface area contributed by atoms with Crippen molar-refractivity contribution in [2.45, 2.75) is 30.4 Å². The van der Waals surface area contributed by atoms with Crippen molar-refractivity contribution in [3.63, 3.8) is 0 Å². The summed E-state index contributed by atoms with van der Waals surface area (Å²) >= 11 is 9.16. The van der Waals surface area contributed by atoms with E-state index >= 15 is 0 Å². The second-order valence-corrected chi connectivity index (χ2v) is 7.58. The van der Waals surface area contributed by atoms with Crippen molar-refractivity contribution in [2.24, 2.45) is 5.14 Å². The Hall–Kier alpha value is -0.670. The highest BCUT2D eigenvalue weighted by atomic mass is 79.9. The SMILES string of the molecule is CC1OCCC1NC(=O)c1cc(Br)cc(S(N)(=O)=O)c1Cl. The van der Waals surface area contributed by atoms with Gasteiger partial charge in [-0.25, -0.2) is 13.6 Å². The van der Waals surface area contributed by atoms with E-state index in [0.717, 1.165) is 0 Å². The number of primary sulfonamides is 1. The van der Waals surface area contributed by atoms with Crippen LogP contribution in [0.2, 0.25) is 5.02 Å². The van der Waals surface area contributed by atoms with Crippen molar-refractivity contribution in [1.29, 1.82) is 0 Å². The number of hydrogen-bond acceptors (Lipinski definition) is 4. The number of nitrogens with one attached hydrogen (secondary N) is 1. The third-order valence-corrected chi connectivity index (χ3v) is 5.16. The number of rotatable bonds is 3. The lowest BCUT2D eigenvalue weighted by atomic mass is 10.1. The van der Waals surface area contributed by atoms with Crippen LogP contribution in [0, 0.1) is 0 Å². The molecule has 2 rings (SSSR count). The summed E-state index contributed by atoms with van der Waals surface area (Å²) in [6, 6.07) is 2.58. The fourth-order valence-electron chi connectivity index (χ4n) is 2.10. The maximum Gasteiger partial charge on any atom is 0.253 e. The molecule has 0 saturated carbocycles. The first-order valence-corrected chi connectivity index (χ1v) is 8.86. The summed E-state index contributed by atoms with van der Waals surface area (Å²) in [6.45, 7) is 2.43. The lowest BCUT2D eigenvalue weighted by Gasteiger charge is -2.17. The minimum Gasteiger partial charge on any atom is -0.376 e. The predicted molar refractivity (Wildman–Crippen MR) is 81.8 cm³/mol. The topological polar surface area (TPSA) is 98.5 Å². The van der Waals surface area contributed by atoms with Gasteiger partial charge >= 0.3 is 0 Å². The van der Waals surface area contributed by atoms with Gasteiger partial charge in [-0.05, 0) is 25.5 Å². The summed E-state index contributed by atoms with van der Waals surface area (Å²) in [7, 11) is -4.02. The molecule has 0 aromatic heterocycles. The Morgan fingerprint density at radius 1 is 1.52 bits per heavy atom. The Balaban J connectivity index is 2.35. The quantitative estimate of drug-likeness (QED) is 0.810. The third-order valence-electron chi connectivity index (χ3n) is 3.25. The average Bonchev–Trinajstić information content (AvgIpc) is 2.76. The molecule has 0 aliphatic carbocycles. The minimum atomic E-state index is -4.02. The number of ether oxygens (including phenoxy) is 1. The molecule has 21 heavy (non-hydrogen) atoms. The molecule has 1 fully saturated rings. The summed E-state index contributed by atoms with van der Waals surface area (Å²) in [4.78, 5) is 12.0. The van der Waals surface area contributed by atoms with Crippen molar-refractivity contribution in [1.82, 2.24) is 5.32 Å². The number of carbonyl (C=O) groups excluding carboxylic acids is 1. The number of carbonyl (C=O) groups is 1. The molecule has 116 valence electrons. The smallest absolute Gasteiger partial charge is 0.253 e. The molecule has 1 aromatic rings. The molecule has 9 heteroatoms. The van der Waals surface area contributed by atoms with Crippen LogP contribution in [0.4, 0.5) is 0 Å². The Kier molecular flexibility index (Phi) is 4.94. The molecule has 1 aliphatic heterocycles. The van der Waals surface area contributed by atoms with E-state index in [4.69, 9.17) is 21.5 Å². The maximum atomic E-state index is 12.3. The van der Waals surface area contributed by atoms with Crippen LogP contribution in [-0.4, -0.2) is 33.1 Å². The summed E-state index contributed by atoms with van der Waals surface area (Å²) in [6.07, 6.45) is 0.596. The molecule has 1 amide bonds. The summed E-state index contributed by atoms with van der Waals surface area (Å²) in [5.74, 6) is -0.464. The van der Waals surface area contributed by atoms with Gasteiger partial charge in [0, 0.05) is 11.1 Å². The fourth-order valence-corrected chi connectivity index (χ4v) is 3.88. The van der Waals surface area contributed by atoms with Crippen LogP contribution >= 0.6 is 27.5 Å². The van der Waals surface area contributed by atoms with Crippen molar-refractivity contribution in [3.05, 3.63) is 27.2 Å². The second kappa shape index (κ2) is 6.21. The zero-order valence-corrected chi connectivity index (χ0v) is 14.3. The first-order chi connectivity index (χ1) is 9.70. The molecular weight excluding hydrogens is 384 g/mol. The third kappa shape index (κ3) is 3.75. The van der Waals surface area contributed by atoms with Crippen LogP contribution in [0.15, 0.2) is 21.5 Å². The van der Waals surface area contributed by atoms with Gasteiger partial charge in [-0.15, -0.1) is 0 Å². The standard InChI is InChI=1S/C12H14BrClN2O4S/c1-6-9(2-3-20-6)16-12(17)8-4-7(13)5-10(11(8)14)21(15,18)19/h4-6,9H,2-3H2,1H3,(H,16,17)(H2,15,18,19). The van der Waals surface area contributed by atoms with E-state index in [2.05, 4.69) is 21.2 Å². The molecule has 0 bridgehead atoms. The molecule has 1 aromatic carbocycles. The van der Waals surface area contributed by atoms with Gasteiger partial charge in [-0.1, -0.05) is 27.5 Å². The minimum absolute atomic E-state index is 0.0502. The van der Waals surface area contributed by atoms with Crippen LogP contribution in [0.25, 0.3) is 0 Å². The van der Waals surface area contributed by atoms with E-state index in [-0.39, 0.29) is 27.6 Å². The molecule has 2 unspecified atom stereocenters. The highest BCUT2D eigenvalue weighted by Crippen LogP contribution is 2.29. The van der Waals surface area contributed by atoms with Gasteiger partial charge in [0.1, 0.15) is 4.90 Å². The van der Waals surface area contributed by atoms with Crippen molar-refractivity contribution >= 4 is 43.5 Å². The van der Waals surface area contributed by atoms with E-state index < -0.39 is 15.9 Å². The Morgan fingerprint density at radius 3 is 2.71 bits per heavy atom. The molecular formula is C12H14BrClN2O4S. The zero-order valence-electron chi connectivity index (χ0n) is 11.1. The van der Waals surface area contributed by atoms with E-state index in [1.54, 1.807) is 0 Å². The highest BCUT2D eigenvalue weighted by molar-refractivity contribution is 9.10. The molecule has 2 atom stereocenters. The summed E-state index contributed by atoms with van der Waals surface area (Å²) in [5.41, 5.74) is 0.0502. The zero-order chi connectivity index (χ0) is 15.8. The van der Waals surface area contributed by atoms with Gasteiger partial charge in [-0.2, -0.15) is 0 Å². The van der Waals surface area contributed by atoms with Crippen LogP contribution in [0.1, 0.15) is 23.7 Å². The number of sulfonamides is 1. The Labute approximate surface area is 136 Å². The van der Waals surface area contributed by atoms with Gasteiger partial charge in [-0.3, -0.25) is 4.79 Å². The van der Waals surface area contributed by atoms with Crippen molar-refractivity contribution in [2.75, 3.05) is 6.61 Å². The fraction of sp³-hybridized carbons (Fsp3) is 0.417. The summed E-state index contributed by atoms with van der Waals surface area (Å²) < 4.78 is 28.8. The van der Waals surface area contributed by atoms with E-state index in [1.165, 1.54) is 12.1 Å².